The van der Waals surface area contributed by atoms with E-state index in [9.17, 15) is 4.79 Å². The zero-order valence-electron chi connectivity index (χ0n) is 11.5. The van der Waals surface area contributed by atoms with Gasteiger partial charge in [-0.15, -0.1) is 0 Å². The summed E-state index contributed by atoms with van der Waals surface area (Å²) in [6.07, 6.45) is 4.69. The first-order valence-corrected chi connectivity index (χ1v) is 6.88. The molecule has 3 nitrogen and oxygen atoms in total. The summed E-state index contributed by atoms with van der Waals surface area (Å²) in [7, 11) is 1.99. The molecule has 1 aromatic heterocycles. The summed E-state index contributed by atoms with van der Waals surface area (Å²) in [6, 6.07) is 6.22. The molecule has 1 aliphatic rings. The molecule has 3 heteroatoms. The number of aromatic nitrogens is 1. The van der Waals surface area contributed by atoms with Crippen LogP contribution in [0.5, 0.6) is 0 Å². The highest BCUT2D eigenvalue weighted by atomic mass is 16.5. The fourth-order valence-electron chi connectivity index (χ4n) is 2.81. The van der Waals surface area contributed by atoms with Crippen molar-refractivity contribution in [2.45, 2.75) is 32.3 Å². The predicted molar refractivity (Wildman–Crippen MR) is 75.6 cm³/mol. The molecule has 1 aliphatic heterocycles. The Morgan fingerprint density at radius 2 is 2.21 bits per heavy atom. The van der Waals surface area contributed by atoms with Crippen LogP contribution in [0.2, 0.25) is 0 Å². The molecule has 0 amide bonds. The molecular formula is C16H19NO2. The van der Waals surface area contributed by atoms with Gasteiger partial charge in [0.1, 0.15) is 6.10 Å². The van der Waals surface area contributed by atoms with Gasteiger partial charge in [0.05, 0.1) is 0 Å². The Morgan fingerprint density at radius 3 is 2.95 bits per heavy atom. The Hall–Kier alpha value is -1.61. The molecule has 3 rings (SSSR count). The highest BCUT2D eigenvalue weighted by molar-refractivity contribution is 6.10. The summed E-state index contributed by atoms with van der Waals surface area (Å²) in [6.45, 7) is 2.78. The molecule has 0 aliphatic carbocycles. The first-order chi connectivity index (χ1) is 9.16. The summed E-state index contributed by atoms with van der Waals surface area (Å²) >= 11 is 0. The third kappa shape index (κ3) is 2.19. The van der Waals surface area contributed by atoms with Crippen LogP contribution in [0.3, 0.4) is 0 Å². The second-order valence-electron chi connectivity index (χ2n) is 5.39. The molecule has 1 unspecified atom stereocenters. The fraction of sp³-hybridized carbons (Fsp3) is 0.438. The molecule has 0 N–H and O–H groups in total. The maximum absolute atomic E-state index is 12.6. The number of carbonyl (C=O) groups excluding carboxylic acids is 1. The van der Waals surface area contributed by atoms with Crippen molar-refractivity contribution >= 4 is 16.7 Å². The minimum Gasteiger partial charge on any atom is -0.370 e. The van der Waals surface area contributed by atoms with E-state index in [0.717, 1.165) is 35.7 Å². The van der Waals surface area contributed by atoms with E-state index >= 15 is 0 Å². The van der Waals surface area contributed by atoms with Crippen molar-refractivity contribution < 1.29 is 9.53 Å². The van der Waals surface area contributed by atoms with Gasteiger partial charge >= 0.3 is 0 Å². The molecule has 0 bridgehead atoms. The van der Waals surface area contributed by atoms with E-state index in [4.69, 9.17) is 4.74 Å². The molecule has 1 fully saturated rings. The maximum Gasteiger partial charge on any atom is 0.193 e. The van der Waals surface area contributed by atoms with E-state index in [2.05, 4.69) is 19.1 Å². The molecule has 0 saturated carbocycles. The van der Waals surface area contributed by atoms with Crippen molar-refractivity contribution in [3.63, 3.8) is 0 Å². The van der Waals surface area contributed by atoms with Crippen molar-refractivity contribution in [1.29, 1.82) is 0 Å². The lowest BCUT2D eigenvalue weighted by atomic mass is 9.99. The van der Waals surface area contributed by atoms with E-state index in [-0.39, 0.29) is 11.9 Å². The van der Waals surface area contributed by atoms with Gasteiger partial charge in [-0.05, 0) is 37.8 Å². The van der Waals surface area contributed by atoms with Crippen molar-refractivity contribution in [3.8, 4) is 0 Å². The second-order valence-corrected chi connectivity index (χ2v) is 5.39. The van der Waals surface area contributed by atoms with Crippen LogP contribution in [-0.4, -0.2) is 23.1 Å². The Bertz CT molecular complexity index is 621. The number of nitrogens with zero attached hydrogens (tertiary/aromatic N) is 1. The maximum atomic E-state index is 12.6. The summed E-state index contributed by atoms with van der Waals surface area (Å²) in [5.74, 6) is 0.133. The van der Waals surface area contributed by atoms with Crippen LogP contribution in [0, 0.1) is 6.92 Å². The van der Waals surface area contributed by atoms with Gasteiger partial charge in [-0.25, -0.2) is 0 Å². The molecule has 1 aromatic carbocycles. The zero-order chi connectivity index (χ0) is 13.4. The van der Waals surface area contributed by atoms with E-state index in [1.54, 1.807) is 0 Å². The highest BCUT2D eigenvalue weighted by Gasteiger charge is 2.25. The van der Waals surface area contributed by atoms with E-state index in [1.165, 1.54) is 5.56 Å². The van der Waals surface area contributed by atoms with Crippen LogP contribution in [0.15, 0.2) is 24.4 Å². The number of ketones is 1. The fourth-order valence-corrected chi connectivity index (χ4v) is 2.81. The number of ether oxygens (including phenoxy) is 1. The minimum absolute atomic E-state index is 0.133. The largest absolute Gasteiger partial charge is 0.370 e. The van der Waals surface area contributed by atoms with E-state index in [0.29, 0.717) is 6.61 Å². The lowest BCUT2D eigenvalue weighted by molar-refractivity contribution is 0.0187. The average Bonchev–Trinajstić information content (AvgIpc) is 2.76. The third-order valence-corrected chi connectivity index (χ3v) is 3.88. The van der Waals surface area contributed by atoms with Crippen LogP contribution in [0.25, 0.3) is 10.9 Å². The number of hydrogen-bond donors (Lipinski definition) is 0. The zero-order valence-corrected chi connectivity index (χ0v) is 11.5. The molecule has 1 atom stereocenters. The van der Waals surface area contributed by atoms with Gasteiger partial charge in [-0.1, -0.05) is 12.1 Å². The molecular weight excluding hydrogens is 238 g/mol. The number of hydrogen-bond acceptors (Lipinski definition) is 2. The molecule has 1 saturated heterocycles. The lowest BCUT2D eigenvalue weighted by Gasteiger charge is -2.20. The first-order valence-electron chi connectivity index (χ1n) is 6.88. The van der Waals surface area contributed by atoms with Crippen molar-refractivity contribution in [2.24, 2.45) is 7.05 Å². The van der Waals surface area contributed by atoms with Gasteiger partial charge in [0.25, 0.3) is 0 Å². The van der Waals surface area contributed by atoms with E-state index in [1.807, 2.05) is 23.9 Å². The topological polar surface area (TPSA) is 31.2 Å². The molecule has 2 heterocycles. The average molecular weight is 257 g/mol. The number of carbonyl (C=O) groups is 1. The predicted octanol–water partition coefficient (Wildman–Crippen LogP) is 3.24. The molecule has 0 spiro atoms. The highest BCUT2D eigenvalue weighted by Crippen LogP contribution is 2.25. The SMILES string of the molecule is Cc1ccc2c(C(=O)C3CCCCO3)cn(C)c2c1. The number of aryl methyl sites for hydroxylation is 2. The molecule has 2 aromatic rings. The van der Waals surface area contributed by atoms with Crippen molar-refractivity contribution in [2.75, 3.05) is 6.61 Å². The lowest BCUT2D eigenvalue weighted by Crippen LogP contribution is -2.28. The second kappa shape index (κ2) is 4.82. The quantitative estimate of drug-likeness (QED) is 0.773. The standard InChI is InChI=1S/C16H19NO2/c1-11-6-7-12-13(10-17(2)14(12)9-11)16(18)15-5-3-4-8-19-15/h6-7,9-10,15H,3-5,8H2,1-2H3. The first kappa shape index (κ1) is 12.4. The van der Waals surface area contributed by atoms with Gasteiger partial charge < -0.3 is 9.30 Å². The van der Waals surface area contributed by atoms with Gasteiger partial charge in [0, 0.05) is 36.3 Å². The van der Waals surface area contributed by atoms with Crippen LogP contribution < -0.4 is 0 Å². The van der Waals surface area contributed by atoms with Gasteiger partial charge in [-0.2, -0.15) is 0 Å². The molecule has 100 valence electrons. The number of rotatable bonds is 2. The Labute approximate surface area is 113 Å². The van der Waals surface area contributed by atoms with Crippen LogP contribution in [0.4, 0.5) is 0 Å². The van der Waals surface area contributed by atoms with Crippen molar-refractivity contribution in [1.82, 2.24) is 4.57 Å². The monoisotopic (exact) mass is 257 g/mol. The van der Waals surface area contributed by atoms with Crippen LogP contribution in [0.1, 0.15) is 35.2 Å². The Morgan fingerprint density at radius 1 is 1.37 bits per heavy atom. The van der Waals surface area contributed by atoms with Crippen LogP contribution in [-0.2, 0) is 11.8 Å². The Kier molecular flexibility index (Phi) is 3.15. The summed E-state index contributed by atoms with van der Waals surface area (Å²) in [4.78, 5) is 12.6. The summed E-state index contributed by atoms with van der Waals surface area (Å²) in [5.41, 5.74) is 3.12. The normalized spacial score (nSPS) is 19.8. The third-order valence-electron chi connectivity index (χ3n) is 3.88. The number of Topliss-reactive ketones (excluding diaryl/α,β-unsaturated/α-hetero) is 1. The minimum atomic E-state index is -0.249. The van der Waals surface area contributed by atoms with Gasteiger partial charge in [-0.3, -0.25) is 4.79 Å². The van der Waals surface area contributed by atoms with Gasteiger partial charge in [0.15, 0.2) is 5.78 Å². The molecule has 19 heavy (non-hydrogen) atoms. The smallest absolute Gasteiger partial charge is 0.193 e. The molecule has 0 radical (unpaired) electrons. The number of benzene rings is 1. The summed E-state index contributed by atoms with van der Waals surface area (Å²) < 4.78 is 7.64. The van der Waals surface area contributed by atoms with Gasteiger partial charge in [0.2, 0.25) is 0 Å². The number of fused-ring (bicyclic) bond motifs is 1. The van der Waals surface area contributed by atoms with E-state index < -0.39 is 0 Å². The summed E-state index contributed by atoms with van der Waals surface area (Å²) in [5, 5.41) is 1.03. The van der Waals surface area contributed by atoms with Crippen molar-refractivity contribution in [3.05, 3.63) is 35.5 Å². The Balaban J connectivity index is 2.02. The van der Waals surface area contributed by atoms with Crippen LogP contribution >= 0.6 is 0 Å².